The first-order valence-electron chi connectivity index (χ1n) is 6.26. The van der Waals surface area contributed by atoms with Gasteiger partial charge in [-0.25, -0.2) is 9.78 Å². The number of hydrogen-bond acceptors (Lipinski definition) is 4. The molecule has 1 fully saturated rings. The van der Waals surface area contributed by atoms with E-state index in [0.29, 0.717) is 6.04 Å². The molecule has 0 aliphatic heterocycles. The van der Waals surface area contributed by atoms with Crippen molar-refractivity contribution in [1.82, 2.24) is 9.38 Å². The topological polar surface area (TPSA) is 57.8 Å². The molecule has 1 aliphatic carbocycles. The average Bonchev–Trinajstić information content (AvgIpc) is 2.83. The van der Waals surface area contributed by atoms with Gasteiger partial charge in [0.25, 0.3) is 0 Å². The van der Waals surface area contributed by atoms with E-state index in [4.69, 9.17) is 5.11 Å². The summed E-state index contributed by atoms with van der Waals surface area (Å²) in [5.74, 6) is -0.0727. The highest BCUT2D eigenvalue weighted by Gasteiger charge is 2.26. The van der Waals surface area contributed by atoms with Gasteiger partial charge in [0.1, 0.15) is 0 Å². The quantitative estimate of drug-likeness (QED) is 0.872. The van der Waals surface area contributed by atoms with Gasteiger partial charge in [-0.2, -0.15) is 0 Å². The summed E-state index contributed by atoms with van der Waals surface area (Å²) in [7, 11) is 2.04. The van der Waals surface area contributed by atoms with Gasteiger partial charge in [0.15, 0.2) is 10.8 Å². The monoisotopic (exact) mass is 277 g/mol. The standard InChI is InChI=1S/C13H15N3O2S/c1-15(9-3-2-4-9)12-10(5-6-11(17)18)16-7-8-19-13(16)14-12/h5-9H,2-4H2,1H3,(H,17,18)/b6-5+. The lowest BCUT2D eigenvalue weighted by Crippen LogP contribution is -2.37. The fourth-order valence-corrected chi connectivity index (χ4v) is 3.02. The molecule has 0 amide bonds. The van der Waals surface area contributed by atoms with Crippen LogP contribution in [0.5, 0.6) is 0 Å². The van der Waals surface area contributed by atoms with Crippen LogP contribution in [0.3, 0.4) is 0 Å². The molecule has 5 nitrogen and oxygen atoms in total. The van der Waals surface area contributed by atoms with Crippen LogP contribution >= 0.6 is 11.3 Å². The van der Waals surface area contributed by atoms with E-state index in [1.54, 1.807) is 17.4 Å². The number of thiazole rings is 1. The van der Waals surface area contributed by atoms with Crippen molar-refractivity contribution in [3.63, 3.8) is 0 Å². The lowest BCUT2D eigenvalue weighted by Gasteiger charge is -2.35. The Labute approximate surface area is 114 Å². The van der Waals surface area contributed by atoms with Crippen LogP contribution in [-0.2, 0) is 4.79 Å². The minimum Gasteiger partial charge on any atom is -0.478 e. The van der Waals surface area contributed by atoms with Gasteiger partial charge in [0.05, 0.1) is 5.69 Å². The highest BCUT2D eigenvalue weighted by atomic mass is 32.1. The lowest BCUT2D eigenvalue weighted by molar-refractivity contribution is -0.131. The summed E-state index contributed by atoms with van der Waals surface area (Å²) in [4.78, 5) is 18.4. The van der Waals surface area contributed by atoms with Gasteiger partial charge in [0.2, 0.25) is 0 Å². The first-order chi connectivity index (χ1) is 9.16. The number of carboxylic acids is 1. The van der Waals surface area contributed by atoms with Gasteiger partial charge < -0.3 is 10.0 Å². The molecular weight excluding hydrogens is 262 g/mol. The number of hydrogen-bond donors (Lipinski definition) is 1. The van der Waals surface area contributed by atoms with E-state index in [-0.39, 0.29) is 0 Å². The zero-order valence-electron chi connectivity index (χ0n) is 10.6. The maximum atomic E-state index is 10.7. The highest BCUT2D eigenvalue weighted by Crippen LogP contribution is 2.32. The van der Waals surface area contributed by atoms with Gasteiger partial charge in [-0.15, -0.1) is 11.3 Å². The minimum atomic E-state index is -0.942. The van der Waals surface area contributed by atoms with Crippen LogP contribution in [0, 0.1) is 0 Å². The summed E-state index contributed by atoms with van der Waals surface area (Å²) < 4.78 is 1.94. The molecule has 0 saturated heterocycles. The molecule has 1 aliphatic rings. The fraction of sp³-hybridized carbons (Fsp3) is 0.385. The zero-order valence-corrected chi connectivity index (χ0v) is 11.4. The Hall–Kier alpha value is -1.82. The van der Waals surface area contributed by atoms with Crippen LogP contribution in [0.25, 0.3) is 11.0 Å². The van der Waals surface area contributed by atoms with Crippen LogP contribution in [0.4, 0.5) is 5.82 Å². The van der Waals surface area contributed by atoms with E-state index < -0.39 is 5.97 Å². The summed E-state index contributed by atoms with van der Waals surface area (Å²) in [6.07, 6.45) is 8.34. The summed E-state index contributed by atoms with van der Waals surface area (Å²) in [5.41, 5.74) is 0.841. The van der Waals surface area contributed by atoms with E-state index in [0.717, 1.165) is 16.5 Å². The Bertz CT molecular complexity index is 639. The van der Waals surface area contributed by atoms with Crippen molar-refractivity contribution in [3.8, 4) is 0 Å². The molecule has 0 spiro atoms. The number of carbonyl (C=O) groups is 1. The third-order valence-electron chi connectivity index (χ3n) is 3.62. The van der Waals surface area contributed by atoms with Crippen molar-refractivity contribution in [2.75, 3.05) is 11.9 Å². The molecule has 6 heteroatoms. The van der Waals surface area contributed by atoms with Crippen LogP contribution < -0.4 is 4.90 Å². The summed E-state index contributed by atoms with van der Waals surface area (Å²) in [6.45, 7) is 0. The molecule has 0 radical (unpaired) electrons. The van der Waals surface area contributed by atoms with Gasteiger partial charge in [-0.1, -0.05) is 0 Å². The third kappa shape index (κ3) is 2.12. The maximum absolute atomic E-state index is 10.7. The van der Waals surface area contributed by atoms with Crippen molar-refractivity contribution in [2.24, 2.45) is 0 Å². The first-order valence-corrected chi connectivity index (χ1v) is 7.14. The number of fused-ring (bicyclic) bond motifs is 1. The van der Waals surface area contributed by atoms with E-state index in [9.17, 15) is 4.79 Å². The minimum absolute atomic E-state index is 0.529. The van der Waals surface area contributed by atoms with Crippen molar-refractivity contribution >= 4 is 34.2 Å². The zero-order chi connectivity index (χ0) is 13.4. The normalized spacial score (nSPS) is 16.1. The van der Waals surface area contributed by atoms with Crippen LogP contribution in [0.2, 0.25) is 0 Å². The molecule has 2 aromatic rings. The van der Waals surface area contributed by atoms with Gasteiger partial charge in [-0.3, -0.25) is 4.40 Å². The molecule has 3 rings (SSSR count). The molecule has 100 valence electrons. The number of aliphatic carboxylic acids is 1. The second-order valence-corrected chi connectivity index (χ2v) is 5.62. The molecule has 0 aromatic carbocycles. The molecule has 19 heavy (non-hydrogen) atoms. The molecule has 2 aromatic heterocycles. The van der Waals surface area contributed by atoms with Crippen molar-refractivity contribution in [1.29, 1.82) is 0 Å². The SMILES string of the molecule is CN(c1nc2sccn2c1/C=C/C(=O)O)C1CCC1. The Morgan fingerprint density at radius 3 is 3.05 bits per heavy atom. The van der Waals surface area contributed by atoms with Gasteiger partial charge >= 0.3 is 5.97 Å². The predicted molar refractivity (Wildman–Crippen MR) is 75.8 cm³/mol. The van der Waals surface area contributed by atoms with Gasteiger partial charge in [-0.05, 0) is 25.3 Å². The van der Waals surface area contributed by atoms with Gasteiger partial charge in [0, 0.05) is 30.7 Å². The van der Waals surface area contributed by atoms with Crippen molar-refractivity contribution < 1.29 is 9.90 Å². The Morgan fingerprint density at radius 2 is 2.42 bits per heavy atom. The molecule has 0 bridgehead atoms. The number of rotatable bonds is 4. The molecule has 1 N–H and O–H groups in total. The number of carboxylic acid groups (broad SMARTS) is 1. The first kappa shape index (κ1) is 12.2. The fourth-order valence-electron chi connectivity index (χ4n) is 2.30. The molecular formula is C13H15N3O2S. The molecule has 1 saturated carbocycles. The summed E-state index contributed by atoms with van der Waals surface area (Å²) >= 11 is 1.56. The van der Waals surface area contributed by atoms with Crippen LogP contribution in [0.1, 0.15) is 25.0 Å². The van der Waals surface area contributed by atoms with Crippen LogP contribution in [-0.4, -0.2) is 33.6 Å². The second-order valence-electron chi connectivity index (χ2n) is 4.74. The number of nitrogens with zero attached hydrogens (tertiary/aromatic N) is 3. The summed E-state index contributed by atoms with van der Waals surface area (Å²) in [6, 6.07) is 0.529. The molecule has 0 unspecified atom stereocenters. The van der Waals surface area contributed by atoms with E-state index >= 15 is 0 Å². The largest absolute Gasteiger partial charge is 0.478 e. The molecule has 2 heterocycles. The second kappa shape index (κ2) is 4.70. The average molecular weight is 277 g/mol. The number of imidazole rings is 1. The van der Waals surface area contributed by atoms with E-state index in [1.165, 1.54) is 25.3 Å². The third-order valence-corrected chi connectivity index (χ3v) is 4.38. The van der Waals surface area contributed by atoms with Crippen molar-refractivity contribution in [3.05, 3.63) is 23.3 Å². The maximum Gasteiger partial charge on any atom is 0.328 e. The Kier molecular flexibility index (Phi) is 3.02. The van der Waals surface area contributed by atoms with Crippen molar-refractivity contribution in [2.45, 2.75) is 25.3 Å². The van der Waals surface area contributed by atoms with Crippen LogP contribution in [0.15, 0.2) is 17.7 Å². The predicted octanol–water partition coefficient (Wildman–Crippen LogP) is 2.48. The van der Waals surface area contributed by atoms with E-state index in [2.05, 4.69) is 9.88 Å². The Morgan fingerprint density at radius 1 is 1.63 bits per heavy atom. The number of anilines is 1. The Balaban J connectivity index is 2.03. The lowest BCUT2D eigenvalue weighted by atomic mass is 9.92. The van der Waals surface area contributed by atoms with E-state index in [1.807, 2.05) is 23.0 Å². The summed E-state index contributed by atoms with van der Waals surface area (Å²) in [5, 5.41) is 10.8. The smallest absolute Gasteiger partial charge is 0.328 e. The molecule has 0 atom stereocenters. The number of aromatic nitrogens is 2. The highest BCUT2D eigenvalue weighted by molar-refractivity contribution is 7.15.